The Morgan fingerprint density at radius 1 is 1.35 bits per heavy atom. The standard InChI is InChI=1S/C14H25IO2/c1-6-7-14(8-11(2)12(3)15)16-9-13(4,5)10-17-14/h11H,3,6-10H2,1-2,4-5H3/t11-/m1/s1. The summed E-state index contributed by atoms with van der Waals surface area (Å²) in [7, 11) is 0. The summed E-state index contributed by atoms with van der Waals surface area (Å²) in [6.45, 7) is 14.3. The van der Waals surface area contributed by atoms with Crippen LogP contribution in [0.3, 0.4) is 0 Å². The maximum atomic E-state index is 6.08. The molecule has 0 unspecified atom stereocenters. The van der Waals surface area contributed by atoms with Crippen LogP contribution in [0.15, 0.2) is 10.2 Å². The van der Waals surface area contributed by atoms with Crippen LogP contribution in [0.2, 0.25) is 0 Å². The van der Waals surface area contributed by atoms with Gasteiger partial charge in [-0.15, -0.1) is 0 Å². The van der Waals surface area contributed by atoms with Crippen molar-refractivity contribution in [1.82, 2.24) is 0 Å². The fraction of sp³-hybridized carbons (Fsp3) is 0.857. The van der Waals surface area contributed by atoms with Crippen LogP contribution in [0.1, 0.15) is 47.0 Å². The zero-order valence-corrected chi connectivity index (χ0v) is 13.7. The lowest BCUT2D eigenvalue weighted by atomic mass is 9.91. The molecule has 17 heavy (non-hydrogen) atoms. The first kappa shape index (κ1) is 15.4. The SMILES string of the molecule is C=C(I)[C@H](C)CC1(CCC)OCC(C)(C)CO1. The van der Waals surface area contributed by atoms with Crippen molar-refractivity contribution in [3.05, 3.63) is 10.2 Å². The average Bonchev–Trinajstić information content (AvgIpc) is 2.23. The molecule has 1 rings (SSSR count). The Hall–Kier alpha value is 0.390. The van der Waals surface area contributed by atoms with Crippen molar-refractivity contribution in [2.24, 2.45) is 11.3 Å². The maximum absolute atomic E-state index is 6.08. The second kappa shape index (κ2) is 6.02. The summed E-state index contributed by atoms with van der Waals surface area (Å²) in [6, 6.07) is 0. The normalized spacial score (nSPS) is 24.3. The van der Waals surface area contributed by atoms with Crippen LogP contribution in [0.5, 0.6) is 0 Å². The van der Waals surface area contributed by atoms with Crippen LogP contribution < -0.4 is 0 Å². The number of rotatable bonds is 5. The summed E-state index contributed by atoms with van der Waals surface area (Å²) >= 11 is 2.30. The van der Waals surface area contributed by atoms with E-state index in [1.54, 1.807) is 0 Å². The number of allylic oxidation sites excluding steroid dienone is 1. The van der Waals surface area contributed by atoms with Gasteiger partial charge in [0.2, 0.25) is 0 Å². The molecule has 1 aliphatic heterocycles. The van der Waals surface area contributed by atoms with Crippen molar-refractivity contribution >= 4 is 22.6 Å². The quantitative estimate of drug-likeness (QED) is 0.677. The third-order valence-electron chi connectivity index (χ3n) is 3.23. The lowest BCUT2D eigenvalue weighted by Crippen LogP contribution is -2.48. The topological polar surface area (TPSA) is 18.5 Å². The minimum atomic E-state index is -0.377. The first-order valence-corrected chi connectivity index (χ1v) is 7.50. The highest BCUT2D eigenvalue weighted by Gasteiger charge is 2.40. The lowest BCUT2D eigenvalue weighted by molar-refractivity contribution is -0.307. The summed E-state index contributed by atoms with van der Waals surface area (Å²) in [5.74, 6) is 0.0565. The van der Waals surface area contributed by atoms with Crippen molar-refractivity contribution in [3.8, 4) is 0 Å². The van der Waals surface area contributed by atoms with E-state index in [1.807, 2.05) is 0 Å². The second-order valence-electron chi connectivity index (χ2n) is 5.95. The minimum Gasteiger partial charge on any atom is -0.349 e. The molecule has 0 amide bonds. The largest absolute Gasteiger partial charge is 0.349 e. The Morgan fingerprint density at radius 3 is 2.29 bits per heavy atom. The molecule has 3 heteroatoms. The van der Waals surface area contributed by atoms with Gasteiger partial charge in [-0.05, 0) is 32.1 Å². The van der Waals surface area contributed by atoms with Crippen LogP contribution in [-0.4, -0.2) is 19.0 Å². The molecule has 1 fully saturated rings. The van der Waals surface area contributed by atoms with Crippen LogP contribution in [0.4, 0.5) is 0 Å². The van der Waals surface area contributed by atoms with Gasteiger partial charge in [-0.2, -0.15) is 0 Å². The van der Waals surface area contributed by atoms with Gasteiger partial charge in [-0.3, -0.25) is 0 Å². The third kappa shape index (κ3) is 4.52. The molecule has 1 atom stereocenters. The first-order valence-electron chi connectivity index (χ1n) is 6.42. The van der Waals surface area contributed by atoms with E-state index in [2.05, 4.69) is 56.9 Å². The predicted molar refractivity (Wildman–Crippen MR) is 80.3 cm³/mol. The Kier molecular flexibility index (Phi) is 5.47. The molecular weight excluding hydrogens is 327 g/mol. The Balaban J connectivity index is 2.67. The van der Waals surface area contributed by atoms with E-state index in [9.17, 15) is 0 Å². The lowest BCUT2D eigenvalue weighted by Gasteiger charge is -2.44. The van der Waals surface area contributed by atoms with E-state index in [4.69, 9.17) is 9.47 Å². The average molecular weight is 352 g/mol. The Bertz CT molecular complexity index is 263. The molecule has 100 valence electrons. The van der Waals surface area contributed by atoms with Gasteiger partial charge in [-0.25, -0.2) is 0 Å². The van der Waals surface area contributed by atoms with Crippen molar-refractivity contribution in [3.63, 3.8) is 0 Å². The van der Waals surface area contributed by atoms with Crippen LogP contribution in [0.25, 0.3) is 0 Å². The molecule has 0 aromatic heterocycles. The van der Waals surface area contributed by atoms with Gasteiger partial charge in [0.25, 0.3) is 0 Å². The van der Waals surface area contributed by atoms with Gasteiger partial charge in [-0.1, -0.05) is 40.7 Å². The molecule has 1 aliphatic rings. The van der Waals surface area contributed by atoms with E-state index in [0.29, 0.717) is 5.92 Å². The molecule has 0 bridgehead atoms. The second-order valence-corrected chi connectivity index (χ2v) is 7.34. The van der Waals surface area contributed by atoms with Gasteiger partial charge >= 0.3 is 0 Å². The van der Waals surface area contributed by atoms with Crippen LogP contribution >= 0.6 is 22.6 Å². The van der Waals surface area contributed by atoms with Gasteiger partial charge in [0.1, 0.15) is 0 Å². The molecule has 0 saturated carbocycles. The fourth-order valence-corrected chi connectivity index (χ4v) is 2.28. The van der Waals surface area contributed by atoms with E-state index >= 15 is 0 Å². The zero-order valence-electron chi connectivity index (χ0n) is 11.5. The molecule has 0 N–H and O–H groups in total. The molecule has 0 aromatic rings. The van der Waals surface area contributed by atoms with E-state index in [0.717, 1.165) is 32.5 Å². The highest BCUT2D eigenvalue weighted by atomic mass is 127. The number of hydrogen-bond acceptors (Lipinski definition) is 2. The van der Waals surface area contributed by atoms with Crippen LogP contribution in [0, 0.1) is 11.3 Å². The molecule has 0 aliphatic carbocycles. The van der Waals surface area contributed by atoms with E-state index in [1.165, 1.54) is 3.58 Å². The summed E-state index contributed by atoms with van der Waals surface area (Å²) in [6.07, 6.45) is 2.97. The molecule has 0 spiro atoms. The molecule has 0 radical (unpaired) electrons. The molecule has 1 heterocycles. The summed E-state index contributed by atoms with van der Waals surface area (Å²) in [5, 5.41) is 0. The van der Waals surface area contributed by atoms with E-state index < -0.39 is 0 Å². The van der Waals surface area contributed by atoms with Crippen molar-refractivity contribution < 1.29 is 9.47 Å². The first-order chi connectivity index (χ1) is 7.80. The summed E-state index contributed by atoms with van der Waals surface area (Å²) < 4.78 is 13.3. The highest BCUT2D eigenvalue weighted by molar-refractivity contribution is 14.1. The maximum Gasteiger partial charge on any atom is 0.168 e. The molecular formula is C14H25IO2. The summed E-state index contributed by atoms with van der Waals surface area (Å²) in [5.41, 5.74) is 0.141. The van der Waals surface area contributed by atoms with Crippen molar-refractivity contribution in [1.29, 1.82) is 0 Å². The summed E-state index contributed by atoms with van der Waals surface area (Å²) in [4.78, 5) is 0. The van der Waals surface area contributed by atoms with Gasteiger partial charge in [0.05, 0.1) is 13.2 Å². The van der Waals surface area contributed by atoms with Crippen molar-refractivity contribution in [2.75, 3.05) is 13.2 Å². The third-order valence-corrected chi connectivity index (χ3v) is 4.30. The fourth-order valence-electron chi connectivity index (χ4n) is 2.06. The number of ether oxygens (including phenoxy) is 2. The Morgan fingerprint density at radius 2 is 1.88 bits per heavy atom. The highest BCUT2D eigenvalue weighted by Crippen LogP contribution is 2.38. The van der Waals surface area contributed by atoms with Crippen LogP contribution in [-0.2, 0) is 9.47 Å². The zero-order chi connectivity index (χ0) is 13.1. The smallest absolute Gasteiger partial charge is 0.168 e. The minimum absolute atomic E-state index is 0.141. The number of hydrogen-bond donors (Lipinski definition) is 0. The molecule has 0 aromatic carbocycles. The number of halogens is 1. The molecule has 1 saturated heterocycles. The van der Waals surface area contributed by atoms with Gasteiger partial charge in [0.15, 0.2) is 5.79 Å². The monoisotopic (exact) mass is 352 g/mol. The Labute approximate surface area is 119 Å². The van der Waals surface area contributed by atoms with Crippen molar-refractivity contribution in [2.45, 2.75) is 52.7 Å². The van der Waals surface area contributed by atoms with Gasteiger partial charge < -0.3 is 9.47 Å². The molecule has 2 nitrogen and oxygen atoms in total. The van der Waals surface area contributed by atoms with Gasteiger partial charge in [0, 0.05) is 18.3 Å². The van der Waals surface area contributed by atoms with E-state index in [-0.39, 0.29) is 11.2 Å². The predicted octanol–water partition coefficient (Wildman–Crippen LogP) is 4.53.